The third-order valence-electron chi connectivity index (χ3n) is 5.71. The van der Waals surface area contributed by atoms with Crippen molar-refractivity contribution < 1.29 is 23.0 Å². The first kappa shape index (κ1) is 26.7. The van der Waals surface area contributed by atoms with Crippen LogP contribution in [-0.4, -0.2) is 65.4 Å². The first-order chi connectivity index (χ1) is 17.6. The standard InChI is InChI=1S/C23H22BrF2N5O5S/c1-31(18(32)10-35-2)9-12-19-21(33)27-23(34)28-22(19)37(24,11-13-14(25)5-4-6-15(13)26)20(12)16-7-8-17(36-3)30-29-16/h4-8H,9-11H2,1-3H3,(H2,27,28,33,34). The van der Waals surface area contributed by atoms with Gasteiger partial charge < -0.3 is 19.4 Å². The predicted molar refractivity (Wildman–Crippen MR) is 137 cm³/mol. The van der Waals surface area contributed by atoms with Gasteiger partial charge in [0.2, 0.25) is 11.8 Å². The number of methoxy groups -OCH3 is 2. The van der Waals surface area contributed by atoms with Gasteiger partial charge in [0.05, 0.1) is 23.4 Å². The molecule has 14 heteroatoms. The number of rotatable bonds is 8. The van der Waals surface area contributed by atoms with Crippen LogP contribution in [0.3, 0.4) is 0 Å². The van der Waals surface area contributed by atoms with E-state index in [0.29, 0.717) is 10.5 Å². The van der Waals surface area contributed by atoms with Crippen LogP contribution < -0.4 is 16.0 Å². The van der Waals surface area contributed by atoms with E-state index in [0.717, 1.165) is 12.1 Å². The van der Waals surface area contributed by atoms with Crippen LogP contribution >= 0.6 is 23.3 Å². The Balaban J connectivity index is 2.02. The number of hydrogen-bond acceptors (Lipinski definition) is 7. The summed E-state index contributed by atoms with van der Waals surface area (Å²) in [4.78, 5) is 44.6. The monoisotopic (exact) mass is 597 g/mol. The van der Waals surface area contributed by atoms with Crippen molar-refractivity contribution in [1.29, 1.82) is 0 Å². The predicted octanol–water partition coefficient (Wildman–Crippen LogP) is 2.80. The van der Waals surface area contributed by atoms with Gasteiger partial charge in [0.15, 0.2) is 0 Å². The van der Waals surface area contributed by atoms with Crippen LogP contribution in [0.25, 0.3) is 10.5 Å². The second-order valence-electron chi connectivity index (χ2n) is 8.06. The third kappa shape index (κ3) is 4.95. The molecular weight excluding hydrogens is 576 g/mol. The van der Waals surface area contributed by atoms with Gasteiger partial charge >= 0.3 is 5.69 Å². The highest BCUT2D eigenvalue weighted by Crippen LogP contribution is 2.78. The van der Waals surface area contributed by atoms with Gasteiger partial charge in [-0.15, -0.1) is 18.7 Å². The maximum atomic E-state index is 14.8. The number of nitrogens with one attached hydrogen (secondary N) is 2. The number of carbonyl (C=O) groups excluding carboxylic acids is 1. The van der Waals surface area contributed by atoms with Crippen molar-refractivity contribution in [1.82, 2.24) is 25.1 Å². The third-order valence-corrected chi connectivity index (χ3v) is 11.1. The number of likely N-dealkylation sites (N-methyl/N-ethyl adjacent to an activating group) is 1. The van der Waals surface area contributed by atoms with Gasteiger partial charge in [-0.05, 0) is 33.0 Å². The van der Waals surface area contributed by atoms with Crippen LogP contribution in [0.1, 0.15) is 16.8 Å². The molecule has 10 nitrogen and oxygen atoms in total. The second kappa shape index (κ2) is 10.6. The van der Waals surface area contributed by atoms with E-state index in [1.807, 2.05) is 0 Å². The number of aromatic nitrogens is 4. The number of hydrogen-bond donors (Lipinski definition) is 2. The molecule has 1 atom stereocenters. The van der Waals surface area contributed by atoms with Gasteiger partial charge in [-0.3, -0.25) is 14.6 Å². The Kier molecular flexibility index (Phi) is 7.62. The Morgan fingerprint density at radius 3 is 2.41 bits per heavy atom. The molecule has 1 unspecified atom stereocenters. The van der Waals surface area contributed by atoms with E-state index < -0.39 is 31.3 Å². The minimum Gasteiger partial charge on any atom is -0.480 e. The molecule has 1 aliphatic heterocycles. The minimum absolute atomic E-state index is 0.0768. The fraction of sp³-hybridized carbons (Fsp3) is 0.261. The molecule has 4 rings (SSSR count). The summed E-state index contributed by atoms with van der Waals surface area (Å²) in [6.07, 6.45) is 0. The zero-order valence-corrected chi connectivity index (χ0v) is 22.3. The summed E-state index contributed by atoms with van der Waals surface area (Å²) in [6, 6.07) is 6.61. The summed E-state index contributed by atoms with van der Waals surface area (Å²) < 4.78 is 39.7. The van der Waals surface area contributed by atoms with Crippen molar-refractivity contribution in [3.05, 3.63) is 79.6 Å². The maximum Gasteiger partial charge on any atom is 0.326 e. The first-order valence-electron chi connectivity index (χ1n) is 10.8. The fourth-order valence-corrected chi connectivity index (χ4v) is 9.44. The van der Waals surface area contributed by atoms with Crippen LogP contribution in [0.4, 0.5) is 8.78 Å². The molecule has 1 aromatic carbocycles. The van der Waals surface area contributed by atoms with Crippen LogP contribution in [0, 0.1) is 11.6 Å². The molecule has 3 aromatic rings. The molecule has 2 aromatic heterocycles. The molecule has 0 spiro atoms. The van der Waals surface area contributed by atoms with Crippen molar-refractivity contribution in [2.75, 3.05) is 34.4 Å². The molecule has 0 fully saturated rings. The normalized spacial score (nSPS) is 18.3. The Hall–Kier alpha value is -3.36. The largest absolute Gasteiger partial charge is 0.480 e. The summed E-state index contributed by atoms with van der Waals surface area (Å²) in [6.45, 7) is -0.295. The van der Waals surface area contributed by atoms with E-state index in [-0.39, 0.29) is 52.5 Å². The molecule has 2 N–H and O–H groups in total. The molecule has 0 bridgehead atoms. The summed E-state index contributed by atoms with van der Waals surface area (Å²) in [5.74, 6) is -2.00. The van der Waals surface area contributed by atoms with E-state index >= 15 is 0 Å². The quantitative estimate of drug-likeness (QED) is 0.382. The van der Waals surface area contributed by atoms with Crippen molar-refractivity contribution in [2.24, 2.45) is 0 Å². The van der Waals surface area contributed by atoms with Gasteiger partial charge in [0, 0.05) is 48.6 Å². The molecule has 0 saturated heterocycles. The smallest absolute Gasteiger partial charge is 0.326 e. The Morgan fingerprint density at radius 2 is 1.81 bits per heavy atom. The molecule has 1 amide bonds. The highest BCUT2D eigenvalue weighted by atomic mass is 79.9. The molecule has 37 heavy (non-hydrogen) atoms. The number of carbonyl (C=O) groups is 1. The highest BCUT2D eigenvalue weighted by molar-refractivity contribution is 9.59. The lowest BCUT2D eigenvalue weighted by Gasteiger charge is -2.32. The van der Waals surface area contributed by atoms with E-state index in [4.69, 9.17) is 9.47 Å². The van der Waals surface area contributed by atoms with E-state index in [1.165, 1.54) is 32.2 Å². The zero-order valence-electron chi connectivity index (χ0n) is 19.9. The molecule has 0 saturated carbocycles. The zero-order chi connectivity index (χ0) is 26.9. The summed E-state index contributed by atoms with van der Waals surface area (Å²) in [7, 11) is 1.58. The Morgan fingerprint density at radius 1 is 1.11 bits per heavy atom. The van der Waals surface area contributed by atoms with Gasteiger partial charge in [0.1, 0.15) is 18.2 Å². The van der Waals surface area contributed by atoms with Crippen molar-refractivity contribution in [2.45, 2.75) is 10.8 Å². The summed E-state index contributed by atoms with van der Waals surface area (Å²) in [5.41, 5.74) is -1.08. The lowest BCUT2D eigenvalue weighted by Crippen LogP contribution is -2.33. The number of benzene rings is 1. The Bertz CT molecular complexity index is 1490. The lowest BCUT2D eigenvalue weighted by molar-refractivity contribution is -0.133. The molecule has 3 heterocycles. The van der Waals surface area contributed by atoms with Crippen molar-refractivity contribution >= 4 is 39.7 Å². The van der Waals surface area contributed by atoms with Gasteiger partial charge in [-0.2, -0.15) is 0 Å². The van der Waals surface area contributed by atoms with Gasteiger partial charge in [0.25, 0.3) is 5.56 Å². The summed E-state index contributed by atoms with van der Waals surface area (Å²) >= 11 is 3.70. The second-order valence-corrected chi connectivity index (χ2v) is 13.8. The topological polar surface area (TPSA) is 130 Å². The number of H-pyrrole nitrogens is 2. The van der Waals surface area contributed by atoms with Crippen molar-refractivity contribution in [3.8, 4) is 5.88 Å². The van der Waals surface area contributed by atoms with Gasteiger partial charge in [-0.25, -0.2) is 13.6 Å². The van der Waals surface area contributed by atoms with Crippen LogP contribution in [0.5, 0.6) is 5.88 Å². The maximum absolute atomic E-state index is 14.8. The number of aromatic amines is 2. The van der Waals surface area contributed by atoms with E-state index in [9.17, 15) is 23.2 Å². The molecular formula is C23H22BrF2N5O5S. The average Bonchev–Trinajstić information content (AvgIpc) is 3.09. The minimum atomic E-state index is -2.73. The first-order valence-corrected chi connectivity index (χ1v) is 14.4. The Labute approximate surface area is 218 Å². The molecule has 1 aliphatic rings. The average molecular weight is 598 g/mol. The van der Waals surface area contributed by atoms with E-state index in [2.05, 4.69) is 35.0 Å². The van der Waals surface area contributed by atoms with Gasteiger partial charge in [-0.1, -0.05) is 6.07 Å². The molecule has 0 radical (unpaired) electrons. The lowest BCUT2D eigenvalue weighted by atomic mass is 10.1. The number of ether oxygens (including phenoxy) is 2. The number of amides is 1. The van der Waals surface area contributed by atoms with E-state index in [1.54, 1.807) is 12.1 Å². The SMILES string of the molecule is COCC(=O)N(C)CC1=C(c2ccc(OC)nn2)S(Br)(Cc2c(F)cccc2F)c2[nH]c(=O)[nH]c(=O)c21. The molecule has 0 aliphatic carbocycles. The number of halogens is 3. The summed E-state index contributed by atoms with van der Waals surface area (Å²) in [5, 5.41) is 8.39. The number of nitrogens with zero attached hydrogens (tertiary/aromatic N) is 3. The van der Waals surface area contributed by atoms with Crippen molar-refractivity contribution in [3.63, 3.8) is 0 Å². The fourth-order valence-electron chi connectivity index (χ4n) is 3.99. The number of fused-ring (bicyclic) bond motifs is 1. The highest BCUT2D eigenvalue weighted by Gasteiger charge is 2.45. The van der Waals surface area contributed by atoms with Crippen LogP contribution in [0.15, 0.2) is 44.9 Å². The van der Waals surface area contributed by atoms with Crippen LogP contribution in [0.2, 0.25) is 0 Å². The molecule has 196 valence electrons. The van der Waals surface area contributed by atoms with Crippen LogP contribution in [-0.2, 0) is 15.3 Å².